The number of amides is 1. The second kappa shape index (κ2) is 10.5. The molecule has 0 spiro atoms. The molecule has 1 heterocycles. The van der Waals surface area contributed by atoms with E-state index < -0.39 is 39.8 Å². The van der Waals surface area contributed by atoms with Gasteiger partial charge < -0.3 is 19.5 Å². The van der Waals surface area contributed by atoms with E-state index in [-0.39, 0.29) is 48.4 Å². The van der Waals surface area contributed by atoms with Gasteiger partial charge in [-0.3, -0.25) is 14.9 Å². The van der Waals surface area contributed by atoms with E-state index in [1.54, 1.807) is 0 Å². The number of sulfonamides is 1. The van der Waals surface area contributed by atoms with E-state index in [1.807, 2.05) is 0 Å². The number of carbonyl (C=O) groups excluding carboxylic acids is 1. The first-order valence-corrected chi connectivity index (χ1v) is 10.9. The smallest absolute Gasteiger partial charge is 0.387 e. The Morgan fingerprint density at radius 1 is 1.18 bits per heavy atom. The number of hydrogen-bond acceptors (Lipinski definition) is 8. The summed E-state index contributed by atoms with van der Waals surface area (Å²) in [7, 11) is -3.96. The van der Waals surface area contributed by atoms with Crippen molar-refractivity contribution < 1.29 is 41.1 Å². The summed E-state index contributed by atoms with van der Waals surface area (Å²) in [4.78, 5) is 22.5. The fraction of sp³-hybridized carbons (Fsp3) is 0.316. The third kappa shape index (κ3) is 6.34. The first-order valence-electron chi connectivity index (χ1n) is 9.50. The summed E-state index contributed by atoms with van der Waals surface area (Å²) < 4.78 is 65.5. The highest BCUT2D eigenvalue weighted by molar-refractivity contribution is 7.89. The Labute approximate surface area is 187 Å². The van der Waals surface area contributed by atoms with Gasteiger partial charge in [-0.15, -0.1) is 0 Å². The van der Waals surface area contributed by atoms with Crippen LogP contribution >= 0.6 is 0 Å². The van der Waals surface area contributed by atoms with E-state index in [0.717, 1.165) is 18.2 Å². The molecule has 0 bridgehead atoms. The topological polar surface area (TPSA) is 137 Å². The summed E-state index contributed by atoms with van der Waals surface area (Å²) in [5.41, 5.74) is -0.364. The number of morpholine rings is 1. The van der Waals surface area contributed by atoms with E-state index in [4.69, 9.17) is 9.47 Å². The third-order valence-electron chi connectivity index (χ3n) is 4.46. The number of carbonyl (C=O) groups is 1. The lowest BCUT2D eigenvalue weighted by molar-refractivity contribution is -0.386. The summed E-state index contributed by atoms with van der Waals surface area (Å²) in [6, 6.07) is 8.23. The van der Waals surface area contributed by atoms with Crippen LogP contribution < -0.4 is 14.8 Å². The van der Waals surface area contributed by atoms with Gasteiger partial charge in [0.15, 0.2) is 12.4 Å². The molecule has 0 atom stereocenters. The molecule has 0 aromatic heterocycles. The molecule has 0 radical (unpaired) electrons. The monoisotopic (exact) mass is 487 g/mol. The Bertz CT molecular complexity index is 1110. The number of halogens is 2. The summed E-state index contributed by atoms with van der Waals surface area (Å²) >= 11 is 0. The normalized spacial score (nSPS) is 14.6. The predicted octanol–water partition coefficient (Wildman–Crippen LogP) is 2.23. The van der Waals surface area contributed by atoms with Crippen LogP contribution in [0.4, 0.5) is 20.2 Å². The average molecular weight is 487 g/mol. The number of ether oxygens (including phenoxy) is 3. The van der Waals surface area contributed by atoms with Crippen LogP contribution in [0.2, 0.25) is 0 Å². The maximum atomic E-state index is 12.7. The van der Waals surface area contributed by atoms with Gasteiger partial charge in [0.05, 0.1) is 23.0 Å². The van der Waals surface area contributed by atoms with Gasteiger partial charge in [-0.2, -0.15) is 13.1 Å². The van der Waals surface area contributed by atoms with Crippen LogP contribution in [0.3, 0.4) is 0 Å². The Morgan fingerprint density at radius 3 is 2.45 bits per heavy atom. The molecule has 2 aromatic rings. The summed E-state index contributed by atoms with van der Waals surface area (Å²) in [6.07, 6.45) is 0. The van der Waals surface area contributed by atoms with E-state index in [0.29, 0.717) is 0 Å². The molecule has 1 N–H and O–H groups in total. The number of rotatable bonds is 9. The summed E-state index contributed by atoms with van der Waals surface area (Å²) in [6.45, 7) is -2.90. The highest BCUT2D eigenvalue weighted by Crippen LogP contribution is 2.31. The maximum absolute atomic E-state index is 12.7. The molecule has 0 unspecified atom stereocenters. The Kier molecular flexibility index (Phi) is 7.73. The minimum Gasteiger partial charge on any atom is -0.477 e. The zero-order valence-electron chi connectivity index (χ0n) is 17.0. The molecule has 1 saturated heterocycles. The Morgan fingerprint density at radius 2 is 1.85 bits per heavy atom. The molecule has 1 fully saturated rings. The van der Waals surface area contributed by atoms with Crippen molar-refractivity contribution in [3.8, 4) is 11.5 Å². The Hall–Kier alpha value is -3.36. The van der Waals surface area contributed by atoms with E-state index in [9.17, 15) is 32.1 Å². The van der Waals surface area contributed by atoms with Gasteiger partial charge in [0.2, 0.25) is 10.0 Å². The van der Waals surface area contributed by atoms with Crippen LogP contribution in [-0.4, -0.2) is 63.1 Å². The molecular formula is C19H19F2N3O8S. The van der Waals surface area contributed by atoms with Crippen LogP contribution in [0.5, 0.6) is 11.5 Å². The molecule has 1 aliphatic rings. The number of nitro groups is 1. The van der Waals surface area contributed by atoms with Gasteiger partial charge in [-0.25, -0.2) is 8.42 Å². The zero-order chi connectivity index (χ0) is 24.0. The maximum Gasteiger partial charge on any atom is 0.387 e. The van der Waals surface area contributed by atoms with Gasteiger partial charge in [0, 0.05) is 24.8 Å². The molecule has 1 amide bonds. The minimum absolute atomic E-state index is 0.0954. The molecule has 178 valence electrons. The molecule has 3 rings (SSSR count). The lowest BCUT2D eigenvalue weighted by Gasteiger charge is -2.26. The molecule has 2 aromatic carbocycles. The standard InChI is InChI=1S/C19H19F2N3O8S/c20-19(21)32-14-3-1-13(2-4-14)22-18(25)12-31-17-6-5-15(11-16(17)24(26)27)33(28,29)23-7-9-30-10-8-23/h1-6,11,19H,7-10,12H2,(H,22,25). The highest BCUT2D eigenvalue weighted by atomic mass is 32.2. The number of alkyl halides is 2. The largest absolute Gasteiger partial charge is 0.477 e. The van der Waals surface area contributed by atoms with Crippen LogP contribution in [-0.2, 0) is 19.6 Å². The fourth-order valence-corrected chi connectivity index (χ4v) is 4.35. The minimum atomic E-state index is -3.96. The Balaban J connectivity index is 1.66. The van der Waals surface area contributed by atoms with E-state index >= 15 is 0 Å². The van der Waals surface area contributed by atoms with Crippen LogP contribution in [0.1, 0.15) is 0 Å². The van der Waals surface area contributed by atoms with Crippen molar-refractivity contribution in [2.45, 2.75) is 11.5 Å². The second-order valence-corrected chi connectivity index (χ2v) is 8.58. The van der Waals surface area contributed by atoms with E-state index in [2.05, 4.69) is 10.1 Å². The molecule has 11 nitrogen and oxygen atoms in total. The highest BCUT2D eigenvalue weighted by Gasteiger charge is 2.29. The fourth-order valence-electron chi connectivity index (χ4n) is 2.92. The van der Waals surface area contributed by atoms with Crippen molar-refractivity contribution in [2.75, 3.05) is 38.2 Å². The van der Waals surface area contributed by atoms with Crippen molar-refractivity contribution in [1.82, 2.24) is 4.31 Å². The van der Waals surface area contributed by atoms with Gasteiger partial charge in [0.25, 0.3) is 5.91 Å². The SMILES string of the molecule is O=C(COc1ccc(S(=O)(=O)N2CCOCC2)cc1[N+](=O)[O-])Nc1ccc(OC(F)F)cc1. The molecule has 0 saturated carbocycles. The molecule has 14 heteroatoms. The van der Waals surface area contributed by atoms with Crippen LogP contribution in [0, 0.1) is 10.1 Å². The number of nitrogens with zero attached hydrogens (tertiary/aromatic N) is 2. The van der Waals surface area contributed by atoms with E-state index in [1.165, 1.54) is 28.6 Å². The molecule has 33 heavy (non-hydrogen) atoms. The van der Waals surface area contributed by atoms with Crippen LogP contribution in [0.15, 0.2) is 47.4 Å². The second-order valence-electron chi connectivity index (χ2n) is 6.64. The third-order valence-corrected chi connectivity index (χ3v) is 6.35. The number of anilines is 1. The first-order chi connectivity index (χ1) is 15.7. The van der Waals surface area contributed by atoms with Crippen molar-refractivity contribution >= 4 is 27.3 Å². The number of nitrogens with one attached hydrogen (secondary N) is 1. The number of hydrogen-bond donors (Lipinski definition) is 1. The summed E-state index contributed by atoms with van der Waals surface area (Å²) in [5, 5.41) is 13.9. The van der Waals surface area contributed by atoms with Crippen molar-refractivity contribution in [1.29, 1.82) is 0 Å². The quantitative estimate of drug-likeness (QED) is 0.420. The summed E-state index contributed by atoms with van der Waals surface area (Å²) in [5.74, 6) is -1.07. The van der Waals surface area contributed by atoms with Crippen molar-refractivity contribution in [2.24, 2.45) is 0 Å². The lowest BCUT2D eigenvalue weighted by Crippen LogP contribution is -2.40. The molecular weight excluding hydrogens is 468 g/mol. The number of nitro benzene ring substituents is 1. The van der Waals surface area contributed by atoms with Crippen LogP contribution in [0.25, 0.3) is 0 Å². The van der Waals surface area contributed by atoms with Crippen molar-refractivity contribution in [3.05, 3.63) is 52.6 Å². The average Bonchev–Trinajstić information content (AvgIpc) is 2.79. The lowest BCUT2D eigenvalue weighted by atomic mass is 10.3. The van der Waals surface area contributed by atoms with Gasteiger partial charge >= 0.3 is 12.3 Å². The van der Waals surface area contributed by atoms with Gasteiger partial charge in [0.1, 0.15) is 5.75 Å². The number of benzene rings is 2. The van der Waals surface area contributed by atoms with Crippen molar-refractivity contribution in [3.63, 3.8) is 0 Å². The predicted molar refractivity (Wildman–Crippen MR) is 110 cm³/mol. The zero-order valence-corrected chi connectivity index (χ0v) is 17.8. The van der Waals surface area contributed by atoms with Gasteiger partial charge in [-0.1, -0.05) is 0 Å². The molecule has 0 aliphatic carbocycles. The van der Waals surface area contributed by atoms with Gasteiger partial charge in [-0.05, 0) is 36.4 Å². The molecule has 1 aliphatic heterocycles. The first kappa shape index (κ1) is 24.3.